The van der Waals surface area contributed by atoms with Gasteiger partial charge < -0.3 is 15.4 Å². The number of hydrogen-bond acceptors (Lipinski definition) is 4. The van der Waals surface area contributed by atoms with Gasteiger partial charge in [-0.1, -0.05) is 6.07 Å². The Morgan fingerprint density at radius 2 is 2.12 bits per heavy atom. The van der Waals surface area contributed by atoms with Gasteiger partial charge in [-0.25, -0.2) is 4.79 Å². The molecule has 0 aliphatic rings. The molecule has 0 amide bonds. The Hall–Kier alpha value is -1.97. The zero-order valence-electron chi connectivity index (χ0n) is 9.73. The molecule has 86 valence electrons. The molecule has 0 saturated heterocycles. The van der Waals surface area contributed by atoms with E-state index in [1.54, 1.807) is 18.2 Å². The van der Waals surface area contributed by atoms with Gasteiger partial charge in [-0.2, -0.15) is 0 Å². The third kappa shape index (κ3) is 3.02. The molecular formula is C12H16N2O2. The Bertz CT molecular complexity index is 411. The van der Waals surface area contributed by atoms with Crippen molar-refractivity contribution < 1.29 is 9.53 Å². The molecule has 1 rings (SSSR count). The van der Waals surface area contributed by atoms with Gasteiger partial charge in [-0.3, -0.25) is 0 Å². The van der Waals surface area contributed by atoms with E-state index in [1.165, 1.54) is 7.11 Å². The van der Waals surface area contributed by atoms with E-state index in [2.05, 4.69) is 4.74 Å². The lowest BCUT2D eigenvalue weighted by atomic mass is 10.1. The number of benzene rings is 1. The molecule has 0 saturated carbocycles. The molecule has 0 heterocycles. The van der Waals surface area contributed by atoms with Crippen LogP contribution < -0.4 is 5.73 Å². The SMILES string of the molecule is COC(=O)c1ccc(C=CN(C)C)c(N)c1. The number of carbonyl (C=O) groups excluding carboxylic acids is 1. The number of carbonyl (C=O) groups is 1. The summed E-state index contributed by atoms with van der Waals surface area (Å²) in [6, 6.07) is 5.10. The quantitative estimate of drug-likeness (QED) is 0.620. The van der Waals surface area contributed by atoms with Gasteiger partial charge >= 0.3 is 5.97 Å². The van der Waals surface area contributed by atoms with Crippen LogP contribution in [-0.4, -0.2) is 32.1 Å². The predicted molar refractivity (Wildman–Crippen MR) is 64.9 cm³/mol. The Morgan fingerprint density at radius 1 is 1.44 bits per heavy atom. The standard InChI is InChI=1S/C12H16N2O2/c1-14(2)7-6-9-4-5-10(8-11(9)13)12(15)16-3/h4-8H,13H2,1-3H3. The molecule has 2 N–H and O–H groups in total. The van der Waals surface area contributed by atoms with E-state index in [0.717, 1.165) is 5.56 Å². The normalized spacial score (nSPS) is 10.4. The van der Waals surface area contributed by atoms with Crippen molar-refractivity contribution in [3.8, 4) is 0 Å². The van der Waals surface area contributed by atoms with E-state index < -0.39 is 0 Å². The highest BCUT2D eigenvalue weighted by Crippen LogP contribution is 2.16. The molecule has 0 fully saturated rings. The van der Waals surface area contributed by atoms with Gasteiger partial charge in [0.1, 0.15) is 0 Å². The number of ether oxygens (including phenoxy) is 1. The smallest absolute Gasteiger partial charge is 0.337 e. The highest BCUT2D eigenvalue weighted by molar-refractivity contribution is 5.91. The molecule has 0 atom stereocenters. The summed E-state index contributed by atoms with van der Waals surface area (Å²) in [4.78, 5) is 13.1. The molecule has 0 bridgehead atoms. The first-order chi connectivity index (χ1) is 7.54. The van der Waals surface area contributed by atoms with Crippen molar-refractivity contribution in [2.45, 2.75) is 0 Å². The van der Waals surface area contributed by atoms with E-state index in [-0.39, 0.29) is 5.97 Å². The number of hydrogen-bond donors (Lipinski definition) is 1. The third-order valence-electron chi connectivity index (χ3n) is 2.06. The van der Waals surface area contributed by atoms with Crippen LogP contribution in [0.1, 0.15) is 15.9 Å². The number of rotatable bonds is 3. The van der Waals surface area contributed by atoms with Gasteiger partial charge in [0.25, 0.3) is 0 Å². The summed E-state index contributed by atoms with van der Waals surface area (Å²) in [5.41, 5.74) is 7.72. The van der Waals surface area contributed by atoms with Crippen LogP contribution >= 0.6 is 0 Å². The molecule has 0 aromatic heterocycles. The van der Waals surface area contributed by atoms with E-state index in [1.807, 2.05) is 31.3 Å². The van der Waals surface area contributed by atoms with Crippen molar-refractivity contribution >= 4 is 17.7 Å². The molecule has 0 spiro atoms. The molecule has 1 aromatic rings. The highest BCUT2D eigenvalue weighted by atomic mass is 16.5. The summed E-state index contributed by atoms with van der Waals surface area (Å²) < 4.78 is 4.61. The molecule has 4 heteroatoms. The Labute approximate surface area is 95.3 Å². The third-order valence-corrected chi connectivity index (χ3v) is 2.06. The van der Waals surface area contributed by atoms with E-state index >= 15 is 0 Å². The fourth-order valence-electron chi connectivity index (χ4n) is 1.20. The minimum absolute atomic E-state index is 0.380. The molecule has 0 aliphatic heterocycles. The van der Waals surface area contributed by atoms with Crippen molar-refractivity contribution in [2.75, 3.05) is 26.9 Å². The fourth-order valence-corrected chi connectivity index (χ4v) is 1.20. The number of nitrogens with two attached hydrogens (primary N) is 1. The lowest BCUT2D eigenvalue weighted by Crippen LogP contribution is -2.03. The van der Waals surface area contributed by atoms with E-state index in [4.69, 9.17) is 5.73 Å². The van der Waals surface area contributed by atoms with Crippen LogP contribution in [0, 0.1) is 0 Å². The maximum atomic E-state index is 11.2. The van der Waals surface area contributed by atoms with Crippen LogP contribution in [0.5, 0.6) is 0 Å². The highest BCUT2D eigenvalue weighted by Gasteiger charge is 2.06. The average molecular weight is 220 g/mol. The summed E-state index contributed by atoms with van der Waals surface area (Å²) in [7, 11) is 5.20. The van der Waals surface area contributed by atoms with Crippen molar-refractivity contribution in [3.05, 3.63) is 35.5 Å². The van der Waals surface area contributed by atoms with Crippen molar-refractivity contribution in [3.63, 3.8) is 0 Å². The van der Waals surface area contributed by atoms with Crippen LogP contribution in [0.4, 0.5) is 5.69 Å². The van der Waals surface area contributed by atoms with Gasteiger partial charge in [-0.15, -0.1) is 0 Å². The molecule has 1 aromatic carbocycles. The van der Waals surface area contributed by atoms with Gasteiger partial charge in [0.2, 0.25) is 0 Å². The number of anilines is 1. The van der Waals surface area contributed by atoms with Crippen molar-refractivity contribution in [2.24, 2.45) is 0 Å². The Balaban J connectivity index is 2.96. The molecule has 0 aliphatic carbocycles. The molecule has 0 radical (unpaired) electrons. The van der Waals surface area contributed by atoms with Crippen LogP contribution in [0.3, 0.4) is 0 Å². The summed E-state index contributed by atoms with van der Waals surface area (Å²) in [6.07, 6.45) is 3.78. The zero-order chi connectivity index (χ0) is 12.1. The van der Waals surface area contributed by atoms with E-state index in [0.29, 0.717) is 11.3 Å². The van der Waals surface area contributed by atoms with Crippen LogP contribution in [0.2, 0.25) is 0 Å². The van der Waals surface area contributed by atoms with Crippen LogP contribution in [0.25, 0.3) is 6.08 Å². The first kappa shape index (κ1) is 12.1. The predicted octanol–water partition coefficient (Wildman–Crippen LogP) is 1.59. The summed E-state index contributed by atoms with van der Waals surface area (Å²) >= 11 is 0. The summed E-state index contributed by atoms with van der Waals surface area (Å²) in [5.74, 6) is -0.380. The number of nitrogens with zero attached hydrogens (tertiary/aromatic N) is 1. The topological polar surface area (TPSA) is 55.6 Å². The minimum Gasteiger partial charge on any atom is -0.465 e. The van der Waals surface area contributed by atoms with Crippen molar-refractivity contribution in [1.82, 2.24) is 4.90 Å². The van der Waals surface area contributed by atoms with Gasteiger partial charge in [-0.05, 0) is 30.0 Å². The number of esters is 1. The summed E-state index contributed by atoms with van der Waals surface area (Å²) in [5, 5.41) is 0. The fraction of sp³-hybridized carbons (Fsp3) is 0.250. The van der Waals surface area contributed by atoms with Gasteiger partial charge in [0, 0.05) is 19.8 Å². The van der Waals surface area contributed by atoms with E-state index in [9.17, 15) is 4.79 Å². The maximum absolute atomic E-state index is 11.2. The van der Waals surface area contributed by atoms with Crippen LogP contribution in [0.15, 0.2) is 24.4 Å². The maximum Gasteiger partial charge on any atom is 0.337 e. The first-order valence-corrected chi connectivity index (χ1v) is 4.87. The largest absolute Gasteiger partial charge is 0.465 e. The lowest BCUT2D eigenvalue weighted by Gasteiger charge is -2.06. The second kappa shape index (κ2) is 5.21. The molecule has 4 nitrogen and oxygen atoms in total. The van der Waals surface area contributed by atoms with Gasteiger partial charge in [0.05, 0.1) is 12.7 Å². The Kier molecular flexibility index (Phi) is 3.94. The lowest BCUT2D eigenvalue weighted by molar-refractivity contribution is 0.0601. The molecule has 16 heavy (non-hydrogen) atoms. The molecular weight excluding hydrogens is 204 g/mol. The zero-order valence-corrected chi connectivity index (χ0v) is 9.73. The Morgan fingerprint density at radius 3 is 2.62 bits per heavy atom. The minimum atomic E-state index is -0.380. The second-order valence-corrected chi connectivity index (χ2v) is 3.61. The first-order valence-electron chi connectivity index (χ1n) is 4.87. The van der Waals surface area contributed by atoms with Crippen LogP contribution in [-0.2, 0) is 4.74 Å². The van der Waals surface area contributed by atoms with Gasteiger partial charge in [0.15, 0.2) is 0 Å². The monoisotopic (exact) mass is 220 g/mol. The second-order valence-electron chi connectivity index (χ2n) is 3.61. The van der Waals surface area contributed by atoms with Crippen molar-refractivity contribution in [1.29, 1.82) is 0 Å². The average Bonchev–Trinajstić information content (AvgIpc) is 2.26. The molecule has 0 unspecified atom stereocenters. The number of nitrogen functional groups attached to an aromatic ring is 1. The number of methoxy groups -OCH3 is 1. The summed E-state index contributed by atoms with van der Waals surface area (Å²) in [6.45, 7) is 0.